The highest BCUT2D eigenvalue weighted by molar-refractivity contribution is 7.88. The van der Waals surface area contributed by atoms with Gasteiger partial charge in [0.1, 0.15) is 11.8 Å². The Morgan fingerprint density at radius 2 is 1.84 bits per heavy atom. The van der Waals surface area contributed by atoms with Crippen molar-refractivity contribution in [3.8, 4) is 17.1 Å². The SMILES string of the molecule is CCOc1ccc(-c2noc(CNC(=O)C(c3ccccc3)N(C)S(C)(=O)=O)n2)cc1. The molecule has 0 aliphatic heterocycles. The number of aromatic nitrogens is 2. The molecular weight excluding hydrogens is 420 g/mol. The van der Waals surface area contributed by atoms with E-state index in [0.717, 1.165) is 21.9 Å². The normalized spacial score (nSPS) is 12.5. The van der Waals surface area contributed by atoms with Crippen LogP contribution >= 0.6 is 0 Å². The van der Waals surface area contributed by atoms with E-state index in [4.69, 9.17) is 9.26 Å². The molecule has 3 aromatic rings. The number of hydrogen-bond donors (Lipinski definition) is 1. The van der Waals surface area contributed by atoms with Gasteiger partial charge in [-0.25, -0.2) is 8.42 Å². The van der Waals surface area contributed by atoms with Crippen LogP contribution < -0.4 is 10.1 Å². The zero-order valence-electron chi connectivity index (χ0n) is 17.5. The lowest BCUT2D eigenvalue weighted by Gasteiger charge is -2.25. The first-order chi connectivity index (χ1) is 14.8. The maximum atomic E-state index is 12.9. The molecule has 1 amide bonds. The number of benzene rings is 2. The van der Waals surface area contributed by atoms with Crippen LogP contribution in [0.2, 0.25) is 0 Å². The number of sulfonamides is 1. The average Bonchev–Trinajstić information content (AvgIpc) is 3.22. The van der Waals surface area contributed by atoms with E-state index in [0.29, 0.717) is 18.0 Å². The monoisotopic (exact) mass is 444 g/mol. The predicted molar refractivity (Wildman–Crippen MR) is 115 cm³/mol. The maximum Gasteiger partial charge on any atom is 0.246 e. The minimum absolute atomic E-state index is 0.0379. The number of likely N-dealkylation sites (N-methyl/N-ethyl adjacent to an activating group) is 1. The summed E-state index contributed by atoms with van der Waals surface area (Å²) in [7, 11) is -2.24. The molecule has 1 heterocycles. The Labute approximate surface area is 181 Å². The fourth-order valence-electron chi connectivity index (χ4n) is 2.92. The van der Waals surface area contributed by atoms with E-state index >= 15 is 0 Å². The van der Waals surface area contributed by atoms with Crippen LogP contribution in [0.3, 0.4) is 0 Å². The van der Waals surface area contributed by atoms with E-state index in [1.165, 1.54) is 7.05 Å². The third-order valence-electron chi connectivity index (χ3n) is 4.56. The molecule has 164 valence electrons. The topological polar surface area (TPSA) is 115 Å². The van der Waals surface area contributed by atoms with Crippen LogP contribution in [0.1, 0.15) is 24.4 Å². The van der Waals surface area contributed by atoms with Gasteiger partial charge in [0, 0.05) is 12.6 Å². The first-order valence-electron chi connectivity index (χ1n) is 9.61. The molecule has 1 N–H and O–H groups in total. The number of rotatable bonds is 9. The molecule has 1 atom stereocenters. The van der Waals surface area contributed by atoms with Gasteiger partial charge >= 0.3 is 0 Å². The van der Waals surface area contributed by atoms with Gasteiger partial charge in [-0.1, -0.05) is 35.5 Å². The molecular formula is C21H24N4O5S. The van der Waals surface area contributed by atoms with Crippen LogP contribution in [0.15, 0.2) is 59.1 Å². The van der Waals surface area contributed by atoms with E-state index in [2.05, 4.69) is 15.5 Å². The molecule has 0 aliphatic carbocycles. The van der Waals surface area contributed by atoms with Crippen LogP contribution in [0.25, 0.3) is 11.4 Å². The van der Waals surface area contributed by atoms with Crippen molar-refractivity contribution in [3.63, 3.8) is 0 Å². The molecule has 1 aromatic heterocycles. The van der Waals surface area contributed by atoms with E-state index in [-0.39, 0.29) is 12.4 Å². The number of hydrogen-bond acceptors (Lipinski definition) is 7. The van der Waals surface area contributed by atoms with Gasteiger partial charge in [0.05, 0.1) is 19.4 Å². The summed E-state index contributed by atoms with van der Waals surface area (Å²) in [5, 5.41) is 6.61. The van der Waals surface area contributed by atoms with Gasteiger partial charge < -0.3 is 14.6 Å². The van der Waals surface area contributed by atoms with Crippen molar-refractivity contribution < 1.29 is 22.5 Å². The Bertz CT molecular complexity index is 1110. The Morgan fingerprint density at radius 1 is 1.16 bits per heavy atom. The average molecular weight is 445 g/mol. The van der Waals surface area contributed by atoms with Gasteiger partial charge in [0.25, 0.3) is 0 Å². The highest BCUT2D eigenvalue weighted by Gasteiger charge is 2.30. The second-order valence-corrected chi connectivity index (χ2v) is 8.82. The smallest absolute Gasteiger partial charge is 0.246 e. The molecule has 0 spiro atoms. The summed E-state index contributed by atoms with van der Waals surface area (Å²) >= 11 is 0. The van der Waals surface area contributed by atoms with Crippen molar-refractivity contribution in [3.05, 3.63) is 66.1 Å². The first-order valence-corrected chi connectivity index (χ1v) is 11.5. The molecule has 10 heteroatoms. The summed E-state index contributed by atoms with van der Waals surface area (Å²) in [6, 6.07) is 14.9. The van der Waals surface area contributed by atoms with Crippen molar-refractivity contribution in [1.82, 2.24) is 19.8 Å². The van der Waals surface area contributed by atoms with E-state index < -0.39 is 22.0 Å². The second kappa shape index (κ2) is 9.71. The highest BCUT2D eigenvalue weighted by Crippen LogP contribution is 2.23. The Hall–Kier alpha value is -3.24. The largest absolute Gasteiger partial charge is 0.494 e. The third-order valence-corrected chi connectivity index (χ3v) is 5.81. The first kappa shape index (κ1) is 22.4. The molecule has 2 aromatic carbocycles. The maximum absolute atomic E-state index is 12.9. The summed E-state index contributed by atoms with van der Waals surface area (Å²) < 4.78 is 35.7. The fourth-order valence-corrected chi connectivity index (χ4v) is 3.52. The van der Waals surface area contributed by atoms with Crippen molar-refractivity contribution in [2.45, 2.75) is 19.5 Å². The summed E-state index contributed by atoms with van der Waals surface area (Å²) in [6.45, 7) is 2.44. The van der Waals surface area contributed by atoms with Crippen molar-refractivity contribution in [2.24, 2.45) is 0 Å². The van der Waals surface area contributed by atoms with Crippen molar-refractivity contribution in [1.29, 1.82) is 0 Å². The molecule has 9 nitrogen and oxygen atoms in total. The third kappa shape index (κ3) is 5.68. The number of carbonyl (C=O) groups excluding carboxylic acids is 1. The van der Waals surface area contributed by atoms with E-state index in [1.807, 2.05) is 31.2 Å². The lowest BCUT2D eigenvalue weighted by Crippen LogP contribution is -2.41. The lowest BCUT2D eigenvalue weighted by atomic mass is 10.1. The van der Waals surface area contributed by atoms with Gasteiger partial charge in [-0.15, -0.1) is 0 Å². The lowest BCUT2D eigenvalue weighted by molar-refractivity contribution is -0.125. The van der Waals surface area contributed by atoms with Crippen molar-refractivity contribution in [2.75, 3.05) is 19.9 Å². The zero-order chi connectivity index (χ0) is 22.4. The molecule has 1 unspecified atom stereocenters. The number of nitrogens with one attached hydrogen (secondary N) is 1. The zero-order valence-corrected chi connectivity index (χ0v) is 18.3. The fraction of sp³-hybridized carbons (Fsp3) is 0.286. The van der Waals surface area contributed by atoms with Gasteiger partial charge in [-0.3, -0.25) is 4.79 Å². The van der Waals surface area contributed by atoms with Crippen LogP contribution in [0, 0.1) is 0 Å². The minimum Gasteiger partial charge on any atom is -0.494 e. The summed E-state index contributed by atoms with van der Waals surface area (Å²) in [6.07, 6.45) is 1.05. The van der Waals surface area contributed by atoms with Gasteiger partial charge in [0.15, 0.2) is 0 Å². The second-order valence-electron chi connectivity index (χ2n) is 6.78. The molecule has 0 radical (unpaired) electrons. The molecule has 3 rings (SSSR count). The van der Waals surface area contributed by atoms with Gasteiger partial charge in [-0.05, 0) is 36.8 Å². The molecule has 0 saturated carbocycles. The molecule has 0 bridgehead atoms. The summed E-state index contributed by atoms with van der Waals surface area (Å²) in [5.74, 6) is 0.815. The van der Waals surface area contributed by atoms with Crippen LogP contribution in [-0.2, 0) is 21.4 Å². The van der Waals surface area contributed by atoms with Crippen LogP contribution in [0.4, 0.5) is 0 Å². The van der Waals surface area contributed by atoms with E-state index in [9.17, 15) is 13.2 Å². The number of nitrogens with zero attached hydrogens (tertiary/aromatic N) is 3. The molecule has 0 fully saturated rings. The summed E-state index contributed by atoms with van der Waals surface area (Å²) in [4.78, 5) is 17.1. The minimum atomic E-state index is -3.61. The van der Waals surface area contributed by atoms with E-state index in [1.54, 1.807) is 30.3 Å². The number of amides is 1. The molecule has 0 aliphatic rings. The molecule has 31 heavy (non-hydrogen) atoms. The van der Waals surface area contributed by atoms with Crippen LogP contribution in [0.5, 0.6) is 5.75 Å². The van der Waals surface area contributed by atoms with Gasteiger partial charge in [-0.2, -0.15) is 9.29 Å². The van der Waals surface area contributed by atoms with Crippen molar-refractivity contribution >= 4 is 15.9 Å². The number of ether oxygens (including phenoxy) is 1. The predicted octanol–water partition coefficient (Wildman–Crippen LogP) is 2.38. The summed E-state index contributed by atoms with van der Waals surface area (Å²) in [5.41, 5.74) is 1.29. The van der Waals surface area contributed by atoms with Crippen LogP contribution in [-0.4, -0.2) is 48.7 Å². The standard InChI is InChI=1S/C21H24N4O5S/c1-4-29-17-12-10-16(11-13-17)20-23-18(30-24-20)14-22-21(26)19(25(2)31(3,27)28)15-8-6-5-7-9-15/h5-13,19H,4,14H2,1-3H3,(H,22,26). The Kier molecular flexibility index (Phi) is 7.03. The quantitative estimate of drug-likeness (QED) is 0.539. The van der Waals surface area contributed by atoms with Gasteiger partial charge in [0.2, 0.25) is 27.6 Å². The Morgan fingerprint density at radius 3 is 2.45 bits per heavy atom. The Balaban J connectivity index is 1.71. The number of carbonyl (C=O) groups is 1. The highest BCUT2D eigenvalue weighted by atomic mass is 32.2. The molecule has 0 saturated heterocycles.